The van der Waals surface area contributed by atoms with Crippen LogP contribution in [-0.4, -0.2) is 18.6 Å². The number of rotatable bonds is 3. The van der Waals surface area contributed by atoms with Gasteiger partial charge in [0.2, 0.25) is 0 Å². The van der Waals surface area contributed by atoms with E-state index >= 15 is 0 Å². The van der Waals surface area contributed by atoms with E-state index in [1.807, 2.05) is 12.1 Å². The average molecular weight is 236 g/mol. The Kier molecular flexibility index (Phi) is 4.00. The van der Waals surface area contributed by atoms with Gasteiger partial charge in [-0.3, -0.25) is 0 Å². The molecule has 2 rings (SSSR count). The minimum absolute atomic E-state index is 0.183. The van der Waals surface area contributed by atoms with Gasteiger partial charge in [-0.25, -0.2) is 4.39 Å². The van der Waals surface area contributed by atoms with Crippen LogP contribution in [0.1, 0.15) is 32.6 Å². The van der Waals surface area contributed by atoms with Gasteiger partial charge >= 0.3 is 0 Å². The van der Waals surface area contributed by atoms with Crippen LogP contribution in [-0.2, 0) is 0 Å². The normalized spacial score (nSPS) is 24.6. The number of hydrogen-bond donors (Lipinski definition) is 1. The van der Waals surface area contributed by atoms with Crippen LogP contribution in [0.15, 0.2) is 24.3 Å². The Labute approximate surface area is 103 Å². The van der Waals surface area contributed by atoms with Crippen molar-refractivity contribution in [2.24, 2.45) is 5.73 Å². The van der Waals surface area contributed by atoms with Crippen molar-refractivity contribution in [1.29, 1.82) is 0 Å². The van der Waals surface area contributed by atoms with Crippen molar-refractivity contribution in [2.45, 2.75) is 44.7 Å². The summed E-state index contributed by atoms with van der Waals surface area (Å²) < 4.78 is 12.9. The second kappa shape index (κ2) is 5.50. The van der Waals surface area contributed by atoms with E-state index in [1.165, 1.54) is 25.0 Å². The summed E-state index contributed by atoms with van der Waals surface area (Å²) in [5.74, 6) is -0.183. The van der Waals surface area contributed by atoms with Gasteiger partial charge in [-0.05, 0) is 44.0 Å². The molecule has 17 heavy (non-hydrogen) atoms. The molecule has 1 aromatic carbocycles. The van der Waals surface area contributed by atoms with Crippen molar-refractivity contribution in [2.75, 3.05) is 11.4 Å². The molecule has 3 heteroatoms. The molecule has 0 bridgehead atoms. The highest BCUT2D eigenvalue weighted by Crippen LogP contribution is 2.26. The van der Waals surface area contributed by atoms with Crippen molar-refractivity contribution in [3.8, 4) is 0 Å². The molecule has 0 saturated heterocycles. The zero-order valence-electron chi connectivity index (χ0n) is 10.4. The lowest BCUT2D eigenvalue weighted by atomic mass is 9.89. The first kappa shape index (κ1) is 12.4. The highest BCUT2D eigenvalue weighted by atomic mass is 19.1. The van der Waals surface area contributed by atoms with Gasteiger partial charge in [0.25, 0.3) is 0 Å². The fraction of sp³-hybridized carbons (Fsp3) is 0.571. The molecule has 0 amide bonds. The molecule has 2 unspecified atom stereocenters. The van der Waals surface area contributed by atoms with Crippen LogP contribution >= 0.6 is 0 Å². The Hall–Kier alpha value is -1.09. The van der Waals surface area contributed by atoms with E-state index in [-0.39, 0.29) is 11.9 Å². The third kappa shape index (κ3) is 2.78. The van der Waals surface area contributed by atoms with E-state index in [0.29, 0.717) is 6.04 Å². The lowest BCUT2D eigenvalue weighted by Gasteiger charge is -2.39. The molecule has 2 nitrogen and oxygen atoms in total. The SMILES string of the molecule is CCN(c1ccc(F)cc1)C1CCCCC1N. The third-order valence-electron chi connectivity index (χ3n) is 3.68. The lowest BCUT2D eigenvalue weighted by Crippen LogP contribution is -2.49. The lowest BCUT2D eigenvalue weighted by molar-refractivity contribution is 0.366. The first-order valence-corrected chi connectivity index (χ1v) is 6.50. The molecule has 0 spiro atoms. The number of anilines is 1. The predicted octanol–water partition coefficient (Wildman–Crippen LogP) is 2.92. The number of halogens is 1. The Morgan fingerprint density at radius 3 is 2.47 bits per heavy atom. The Morgan fingerprint density at radius 1 is 1.24 bits per heavy atom. The maximum Gasteiger partial charge on any atom is 0.123 e. The Balaban J connectivity index is 2.17. The number of nitrogens with two attached hydrogens (primary N) is 1. The van der Waals surface area contributed by atoms with Crippen LogP contribution in [0, 0.1) is 5.82 Å². The highest BCUT2D eigenvalue weighted by molar-refractivity contribution is 5.47. The highest BCUT2D eigenvalue weighted by Gasteiger charge is 2.26. The second-order valence-corrected chi connectivity index (χ2v) is 4.78. The third-order valence-corrected chi connectivity index (χ3v) is 3.68. The molecule has 1 aliphatic rings. The zero-order chi connectivity index (χ0) is 12.3. The summed E-state index contributed by atoms with van der Waals surface area (Å²) in [4.78, 5) is 2.31. The number of nitrogens with zero attached hydrogens (tertiary/aromatic N) is 1. The molecule has 1 aromatic rings. The van der Waals surface area contributed by atoms with Crippen LogP contribution in [0.4, 0.5) is 10.1 Å². The number of hydrogen-bond acceptors (Lipinski definition) is 2. The quantitative estimate of drug-likeness (QED) is 0.874. The first-order valence-electron chi connectivity index (χ1n) is 6.50. The molecule has 0 heterocycles. The van der Waals surface area contributed by atoms with E-state index in [4.69, 9.17) is 5.73 Å². The molecule has 1 fully saturated rings. The van der Waals surface area contributed by atoms with Crippen molar-refractivity contribution < 1.29 is 4.39 Å². The molecule has 94 valence electrons. The minimum Gasteiger partial charge on any atom is -0.367 e. The molecule has 0 aliphatic heterocycles. The zero-order valence-corrected chi connectivity index (χ0v) is 10.4. The fourth-order valence-corrected chi connectivity index (χ4v) is 2.77. The van der Waals surface area contributed by atoms with Gasteiger partial charge in [0.1, 0.15) is 5.82 Å². The average Bonchev–Trinajstić information content (AvgIpc) is 2.35. The van der Waals surface area contributed by atoms with Crippen LogP contribution in [0.3, 0.4) is 0 Å². The summed E-state index contributed by atoms with van der Waals surface area (Å²) in [5.41, 5.74) is 7.29. The van der Waals surface area contributed by atoms with Crippen LogP contribution in [0.25, 0.3) is 0 Å². The van der Waals surface area contributed by atoms with E-state index in [2.05, 4.69) is 11.8 Å². The molecule has 1 saturated carbocycles. The van der Waals surface area contributed by atoms with Gasteiger partial charge < -0.3 is 10.6 Å². The van der Waals surface area contributed by atoms with Gasteiger partial charge in [-0.2, -0.15) is 0 Å². The standard InChI is InChI=1S/C14H21FN2/c1-2-17(12-9-7-11(15)8-10-12)14-6-4-3-5-13(14)16/h7-10,13-14H,2-6,16H2,1H3. The van der Waals surface area contributed by atoms with Crippen molar-refractivity contribution in [3.05, 3.63) is 30.1 Å². The van der Waals surface area contributed by atoms with Crippen molar-refractivity contribution >= 4 is 5.69 Å². The molecular formula is C14H21FN2. The van der Waals surface area contributed by atoms with Crippen molar-refractivity contribution in [3.63, 3.8) is 0 Å². The Bertz CT molecular complexity index is 350. The molecule has 1 aliphatic carbocycles. The summed E-state index contributed by atoms with van der Waals surface area (Å²) in [5, 5.41) is 0. The van der Waals surface area contributed by atoms with Gasteiger partial charge in [0.05, 0.1) is 0 Å². The summed E-state index contributed by atoms with van der Waals surface area (Å²) in [6.45, 7) is 3.05. The van der Waals surface area contributed by atoms with Gasteiger partial charge in [-0.1, -0.05) is 12.8 Å². The minimum atomic E-state index is -0.183. The van der Waals surface area contributed by atoms with Crippen LogP contribution in [0.2, 0.25) is 0 Å². The molecule has 2 atom stereocenters. The van der Waals surface area contributed by atoms with E-state index < -0.39 is 0 Å². The van der Waals surface area contributed by atoms with Gasteiger partial charge in [0, 0.05) is 24.3 Å². The smallest absolute Gasteiger partial charge is 0.123 e. The van der Waals surface area contributed by atoms with E-state index in [9.17, 15) is 4.39 Å². The molecular weight excluding hydrogens is 215 g/mol. The van der Waals surface area contributed by atoms with Crippen molar-refractivity contribution in [1.82, 2.24) is 0 Å². The fourth-order valence-electron chi connectivity index (χ4n) is 2.77. The van der Waals surface area contributed by atoms with Crippen LogP contribution in [0.5, 0.6) is 0 Å². The van der Waals surface area contributed by atoms with E-state index in [0.717, 1.165) is 25.1 Å². The van der Waals surface area contributed by atoms with Gasteiger partial charge in [-0.15, -0.1) is 0 Å². The second-order valence-electron chi connectivity index (χ2n) is 4.78. The molecule has 0 aromatic heterocycles. The summed E-state index contributed by atoms with van der Waals surface area (Å²) >= 11 is 0. The van der Waals surface area contributed by atoms with Gasteiger partial charge in [0.15, 0.2) is 0 Å². The predicted molar refractivity (Wildman–Crippen MR) is 69.7 cm³/mol. The monoisotopic (exact) mass is 236 g/mol. The number of benzene rings is 1. The molecule has 2 N–H and O–H groups in total. The summed E-state index contributed by atoms with van der Waals surface area (Å²) in [6.07, 6.45) is 4.73. The topological polar surface area (TPSA) is 29.3 Å². The first-order chi connectivity index (χ1) is 8.22. The maximum atomic E-state index is 12.9. The Morgan fingerprint density at radius 2 is 1.88 bits per heavy atom. The van der Waals surface area contributed by atoms with E-state index in [1.54, 1.807) is 0 Å². The molecule has 0 radical (unpaired) electrons. The van der Waals surface area contributed by atoms with Crippen LogP contribution < -0.4 is 10.6 Å². The summed E-state index contributed by atoms with van der Waals surface area (Å²) in [6, 6.07) is 7.38. The maximum absolute atomic E-state index is 12.9. The largest absolute Gasteiger partial charge is 0.367 e. The number of likely N-dealkylation sites (N-methyl/N-ethyl adjacent to an activating group) is 1. The summed E-state index contributed by atoms with van der Waals surface area (Å²) in [7, 11) is 0.